The summed E-state index contributed by atoms with van der Waals surface area (Å²) in [6, 6.07) is 20.2. The molecule has 2 aliphatic heterocycles. The number of esters is 1. The topological polar surface area (TPSA) is 58.6 Å². The zero-order chi connectivity index (χ0) is 22.8. The standard InChI is InChI=1S/C15H18NO3.C11H15N.Pb/c1-19-15(18)13-9-5-6-10-16(13)14(17)11-12-7-3-2-4-8-12;1-2-5-10(6-3-1)11-7-4-8-12-9-11;/h2-4,7-8,11,13H,5-6,9-10H2,1H3;1-3,5-6,11-12H,4,7-9H2;. The zero-order valence-corrected chi connectivity index (χ0v) is 22.7. The van der Waals surface area contributed by atoms with Crippen LogP contribution < -0.4 is 5.32 Å². The molecule has 3 atom stereocenters. The van der Waals surface area contributed by atoms with Gasteiger partial charge in [-0.05, 0) is 30.9 Å². The third-order valence-corrected chi connectivity index (χ3v) is 8.46. The maximum atomic E-state index is 12.7. The van der Waals surface area contributed by atoms with Crippen LogP contribution in [0, 0.1) is 0 Å². The minimum absolute atomic E-state index is 0.0676. The minimum atomic E-state index is -0.401. The van der Waals surface area contributed by atoms with Crippen LogP contribution in [-0.4, -0.2) is 75.3 Å². The number of nitrogens with zero attached hydrogens (tertiary/aromatic N) is 1. The fraction of sp³-hybridized carbons (Fsp3) is 0.462. The molecule has 6 heteroatoms. The fourth-order valence-corrected chi connectivity index (χ4v) is 5.78. The Balaban J connectivity index is 0.000000204. The summed E-state index contributed by atoms with van der Waals surface area (Å²) in [5, 5.41) is 3.43. The van der Waals surface area contributed by atoms with Crippen LogP contribution in [0.15, 0.2) is 60.7 Å². The maximum Gasteiger partial charge on any atom is 0.00201 e. The van der Waals surface area contributed by atoms with Crippen molar-refractivity contribution in [1.82, 2.24) is 10.2 Å². The van der Waals surface area contributed by atoms with Crippen LogP contribution in [0.25, 0.3) is 0 Å². The molecule has 2 aromatic carbocycles. The van der Waals surface area contributed by atoms with E-state index in [-0.39, 0.29) is 15.4 Å². The number of hydrogen-bond donors (Lipinski definition) is 1. The first kappa shape index (κ1) is 24.9. The summed E-state index contributed by atoms with van der Waals surface area (Å²) in [7, 11) is 1.38. The Morgan fingerprint density at radius 3 is 2.31 bits per heavy atom. The second kappa shape index (κ2) is 13.1. The Kier molecular flexibility index (Phi) is 10.2. The molecule has 1 amide bonds. The van der Waals surface area contributed by atoms with E-state index in [1.807, 2.05) is 30.3 Å². The van der Waals surface area contributed by atoms with Gasteiger partial charge in [0.1, 0.15) is 0 Å². The largest absolute Gasteiger partial charge is 0.316 e. The third-order valence-electron chi connectivity index (χ3n) is 6.21. The number of benzene rings is 2. The molecule has 2 aliphatic rings. The Morgan fingerprint density at radius 1 is 1.00 bits per heavy atom. The van der Waals surface area contributed by atoms with Gasteiger partial charge in [0.25, 0.3) is 0 Å². The van der Waals surface area contributed by atoms with Crippen molar-refractivity contribution in [3.05, 3.63) is 71.8 Å². The summed E-state index contributed by atoms with van der Waals surface area (Å²) < 4.78 is 4.74. The SMILES string of the molecule is COC(=O)C1CCCCN1C(=O)[CH]([Pb])c1ccccc1.c1ccc(C2CCCNC2)cc1. The summed E-state index contributed by atoms with van der Waals surface area (Å²) in [5.74, 6) is 0.526. The molecule has 3 radical (unpaired) electrons. The van der Waals surface area contributed by atoms with Crippen LogP contribution in [0.3, 0.4) is 0 Å². The van der Waals surface area contributed by atoms with Gasteiger partial charge in [0, 0.05) is 6.54 Å². The first-order chi connectivity index (χ1) is 15.6. The van der Waals surface area contributed by atoms with Crippen molar-refractivity contribution in [2.24, 2.45) is 0 Å². The molecule has 0 aromatic heterocycles. The molecule has 5 nitrogen and oxygen atoms in total. The van der Waals surface area contributed by atoms with Crippen LogP contribution in [-0.2, 0) is 14.3 Å². The van der Waals surface area contributed by atoms with Crippen LogP contribution in [0.2, 0.25) is 0 Å². The smallest absolute Gasteiger partial charge is 0.00201 e. The molecule has 2 aromatic rings. The van der Waals surface area contributed by atoms with Crippen molar-refractivity contribution in [1.29, 1.82) is 0 Å². The second-order valence-electron chi connectivity index (χ2n) is 8.36. The van der Waals surface area contributed by atoms with E-state index in [0.29, 0.717) is 13.0 Å². The monoisotopic (exact) mass is 629 g/mol. The van der Waals surface area contributed by atoms with E-state index in [2.05, 4.69) is 35.6 Å². The van der Waals surface area contributed by atoms with Gasteiger partial charge >= 0.3 is 135 Å². The van der Waals surface area contributed by atoms with Gasteiger partial charge in [-0.25, -0.2) is 0 Å². The molecule has 169 valence electrons. The predicted molar refractivity (Wildman–Crippen MR) is 128 cm³/mol. The zero-order valence-electron chi connectivity index (χ0n) is 18.8. The molecular formula is C26H33N2O3Pb. The predicted octanol–water partition coefficient (Wildman–Crippen LogP) is 3.60. The van der Waals surface area contributed by atoms with Crippen molar-refractivity contribution in [2.75, 3.05) is 26.7 Å². The average Bonchev–Trinajstić information content (AvgIpc) is 2.89. The molecule has 2 fully saturated rings. The van der Waals surface area contributed by atoms with E-state index in [1.54, 1.807) is 4.90 Å². The first-order valence-electron chi connectivity index (χ1n) is 11.5. The number of hydrogen-bond acceptors (Lipinski definition) is 4. The van der Waals surface area contributed by atoms with Crippen LogP contribution in [0.5, 0.6) is 0 Å². The Bertz CT molecular complexity index is 841. The normalized spacial score (nSPS) is 21.6. The van der Waals surface area contributed by atoms with Crippen molar-refractivity contribution in [3.63, 3.8) is 0 Å². The molecular weight excluding hydrogens is 595 g/mol. The van der Waals surface area contributed by atoms with E-state index < -0.39 is 6.04 Å². The van der Waals surface area contributed by atoms with Gasteiger partial charge in [-0.2, -0.15) is 0 Å². The van der Waals surface area contributed by atoms with Gasteiger partial charge in [0.05, 0.1) is 0 Å². The minimum Gasteiger partial charge on any atom is -0.316 e. The quantitative estimate of drug-likeness (QED) is 0.416. The number of methoxy groups -OCH3 is 1. The molecule has 1 N–H and O–H groups in total. The van der Waals surface area contributed by atoms with Crippen molar-refractivity contribution < 1.29 is 14.3 Å². The average molecular weight is 629 g/mol. The molecule has 2 saturated heterocycles. The number of amides is 1. The summed E-state index contributed by atoms with van der Waals surface area (Å²) in [4.78, 5) is 26.2. The Labute approximate surface area is 207 Å². The van der Waals surface area contributed by atoms with Gasteiger partial charge in [0.2, 0.25) is 0 Å². The van der Waals surface area contributed by atoms with E-state index in [4.69, 9.17) is 4.74 Å². The summed E-state index contributed by atoms with van der Waals surface area (Å²) in [6.07, 6.45) is 5.31. The summed E-state index contributed by atoms with van der Waals surface area (Å²) >= 11 is 0.739. The summed E-state index contributed by atoms with van der Waals surface area (Å²) in [5.41, 5.74) is 2.53. The fourth-order valence-electron chi connectivity index (χ4n) is 4.39. The summed E-state index contributed by atoms with van der Waals surface area (Å²) in [6.45, 7) is 3.01. The number of likely N-dealkylation sites (tertiary alicyclic amines) is 1. The van der Waals surface area contributed by atoms with E-state index in [0.717, 1.165) is 56.6 Å². The first-order valence-corrected chi connectivity index (χ1v) is 13.8. The molecule has 32 heavy (non-hydrogen) atoms. The Hall–Kier alpha value is -1.74. The number of rotatable bonds is 4. The van der Waals surface area contributed by atoms with E-state index >= 15 is 0 Å². The van der Waals surface area contributed by atoms with Gasteiger partial charge in [-0.3, -0.25) is 0 Å². The Morgan fingerprint density at radius 2 is 1.69 bits per heavy atom. The van der Waals surface area contributed by atoms with E-state index in [9.17, 15) is 9.59 Å². The number of carbonyl (C=O) groups is 2. The third kappa shape index (κ3) is 6.88. The van der Waals surface area contributed by atoms with Crippen molar-refractivity contribution in [2.45, 2.75) is 47.5 Å². The van der Waals surface area contributed by atoms with Gasteiger partial charge in [0.15, 0.2) is 0 Å². The number of piperidine rings is 2. The van der Waals surface area contributed by atoms with Crippen LogP contribution in [0.1, 0.15) is 52.6 Å². The van der Waals surface area contributed by atoms with Crippen LogP contribution >= 0.6 is 0 Å². The molecule has 0 aliphatic carbocycles. The second-order valence-corrected chi connectivity index (χ2v) is 10.6. The molecule has 0 saturated carbocycles. The number of carbonyl (C=O) groups excluding carboxylic acids is 2. The van der Waals surface area contributed by atoms with Gasteiger partial charge in [-0.1, -0.05) is 30.3 Å². The van der Waals surface area contributed by atoms with Gasteiger partial charge in [-0.15, -0.1) is 0 Å². The van der Waals surface area contributed by atoms with Crippen LogP contribution in [0.4, 0.5) is 0 Å². The maximum absolute atomic E-state index is 12.7. The van der Waals surface area contributed by atoms with Crippen molar-refractivity contribution in [3.8, 4) is 0 Å². The van der Waals surface area contributed by atoms with Gasteiger partial charge < -0.3 is 5.32 Å². The molecule has 0 bridgehead atoms. The number of nitrogens with one attached hydrogen (secondary N) is 1. The molecule has 0 spiro atoms. The van der Waals surface area contributed by atoms with Crippen molar-refractivity contribution >= 4 is 37.6 Å². The van der Waals surface area contributed by atoms with E-state index in [1.165, 1.54) is 32.1 Å². The molecule has 4 rings (SSSR count). The molecule has 3 unspecified atom stereocenters. The number of ether oxygens (including phenoxy) is 1. The molecule has 2 heterocycles.